The van der Waals surface area contributed by atoms with E-state index in [1.165, 1.54) is 55.6 Å². The van der Waals surface area contributed by atoms with Gasteiger partial charge in [-0.1, -0.05) is 138 Å². The minimum atomic E-state index is -0.556. The van der Waals surface area contributed by atoms with E-state index in [9.17, 15) is 4.79 Å². The first-order valence-electron chi connectivity index (χ1n) is 19.0. The Kier molecular flexibility index (Phi) is 6.08. The van der Waals surface area contributed by atoms with Crippen LogP contribution < -0.4 is 10.3 Å². The first-order chi connectivity index (χ1) is 26.1. The molecule has 3 heteroatoms. The van der Waals surface area contributed by atoms with Gasteiger partial charge in [0.25, 0.3) is 0 Å². The fourth-order valence-corrected chi connectivity index (χ4v) is 10.2. The summed E-state index contributed by atoms with van der Waals surface area (Å²) in [7, 11) is 0. The van der Waals surface area contributed by atoms with Crippen LogP contribution in [0, 0.1) is 0 Å². The first kappa shape index (κ1) is 31.3. The van der Waals surface area contributed by atoms with Crippen molar-refractivity contribution in [3.8, 4) is 22.3 Å². The molecule has 0 saturated carbocycles. The molecule has 1 aromatic heterocycles. The van der Waals surface area contributed by atoms with Crippen LogP contribution in [0.3, 0.4) is 0 Å². The molecule has 1 aliphatic heterocycles. The second-order valence-corrected chi connectivity index (χ2v) is 16.8. The third-order valence-electron chi connectivity index (χ3n) is 12.6. The Bertz CT molecular complexity index is 2950. The third kappa shape index (κ3) is 3.84. The van der Waals surface area contributed by atoms with Gasteiger partial charge in [-0.2, -0.15) is 0 Å². The van der Waals surface area contributed by atoms with Gasteiger partial charge in [-0.25, -0.2) is 0 Å². The molecule has 0 bridgehead atoms. The number of benzene rings is 7. The fraction of sp³-hybridized carbons (Fsp3) is 0.157. The zero-order valence-electron chi connectivity index (χ0n) is 31.1. The summed E-state index contributed by atoms with van der Waals surface area (Å²) in [5, 5.41) is 1.24. The quantitative estimate of drug-likeness (QED) is 0.160. The molecule has 0 amide bonds. The van der Waals surface area contributed by atoms with E-state index in [-0.39, 0.29) is 16.3 Å². The number of hydrogen-bond donors (Lipinski definition) is 0. The maximum Gasteiger partial charge on any atom is 0.200 e. The number of rotatable bonds is 1. The van der Waals surface area contributed by atoms with Gasteiger partial charge in [0, 0.05) is 11.1 Å². The predicted octanol–water partition coefficient (Wildman–Crippen LogP) is 12.7. The Morgan fingerprint density at radius 2 is 1.13 bits per heavy atom. The van der Waals surface area contributed by atoms with Gasteiger partial charge < -0.3 is 9.32 Å². The van der Waals surface area contributed by atoms with Crippen LogP contribution in [0.25, 0.3) is 44.2 Å². The molecule has 3 nitrogen and oxygen atoms in total. The maximum absolute atomic E-state index is 14.6. The smallest absolute Gasteiger partial charge is 0.200 e. The van der Waals surface area contributed by atoms with Crippen molar-refractivity contribution in [2.24, 2.45) is 0 Å². The maximum atomic E-state index is 14.6. The topological polar surface area (TPSA) is 33.5 Å². The van der Waals surface area contributed by atoms with E-state index >= 15 is 0 Å². The van der Waals surface area contributed by atoms with Crippen molar-refractivity contribution in [3.63, 3.8) is 0 Å². The summed E-state index contributed by atoms with van der Waals surface area (Å²) >= 11 is 0. The highest BCUT2D eigenvalue weighted by Crippen LogP contribution is 2.65. The lowest BCUT2D eigenvalue weighted by Crippen LogP contribution is -2.36. The van der Waals surface area contributed by atoms with E-state index in [2.05, 4.69) is 167 Å². The molecule has 7 aromatic carbocycles. The Morgan fingerprint density at radius 3 is 1.81 bits per heavy atom. The second-order valence-electron chi connectivity index (χ2n) is 16.8. The Hall–Kier alpha value is -6.19. The summed E-state index contributed by atoms with van der Waals surface area (Å²) in [5.74, 6) is 0. The molecule has 8 aromatic rings. The van der Waals surface area contributed by atoms with Crippen LogP contribution in [-0.2, 0) is 16.2 Å². The van der Waals surface area contributed by atoms with E-state index in [1.807, 2.05) is 18.2 Å². The molecule has 0 unspecified atom stereocenters. The highest BCUT2D eigenvalue weighted by Gasteiger charge is 2.53. The summed E-state index contributed by atoms with van der Waals surface area (Å²) in [6.07, 6.45) is 0. The molecule has 0 atom stereocenters. The van der Waals surface area contributed by atoms with Gasteiger partial charge in [-0.3, -0.25) is 4.79 Å². The van der Waals surface area contributed by atoms with Crippen molar-refractivity contribution in [1.29, 1.82) is 0 Å². The molecule has 2 aliphatic carbocycles. The summed E-state index contributed by atoms with van der Waals surface area (Å²) in [5.41, 5.74) is 17.2. The number of para-hydroxylation sites is 1. The average Bonchev–Trinajstić information content (AvgIpc) is 3.60. The first-order valence-corrected chi connectivity index (χ1v) is 19.0. The summed E-state index contributed by atoms with van der Waals surface area (Å²) in [6.45, 7) is 11.1. The van der Waals surface area contributed by atoms with Gasteiger partial charge in [-0.05, 0) is 109 Å². The Balaban J connectivity index is 1.27. The second kappa shape index (κ2) is 10.5. The van der Waals surface area contributed by atoms with Crippen LogP contribution in [0.2, 0.25) is 0 Å². The molecule has 0 N–H and O–H groups in total. The van der Waals surface area contributed by atoms with Gasteiger partial charge in [0.2, 0.25) is 5.43 Å². The van der Waals surface area contributed by atoms with Crippen molar-refractivity contribution in [1.82, 2.24) is 0 Å². The summed E-state index contributed by atoms with van der Waals surface area (Å²) < 4.78 is 6.50. The molecule has 0 saturated heterocycles. The van der Waals surface area contributed by atoms with Crippen molar-refractivity contribution in [2.75, 3.05) is 4.90 Å². The highest BCUT2D eigenvalue weighted by atomic mass is 16.3. The lowest BCUT2D eigenvalue weighted by molar-refractivity contribution is 0.592. The zero-order chi connectivity index (χ0) is 36.7. The molecule has 0 radical (unpaired) electrons. The zero-order valence-corrected chi connectivity index (χ0v) is 31.1. The Labute approximate surface area is 315 Å². The monoisotopic (exact) mass is 697 g/mol. The lowest BCUT2D eigenvalue weighted by Gasteiger charge is -2.45. The minimum absolute atomic E-state index is 0.00444. The molecule has 3 aliphatic rings. The van der Waals surface area contributed by atoms with E-state index < -0.39 is 5.41 Å². The third-order valence-corrected chi connectivity index (χ3v) is 12.6. The van der Waals surface area contributed by atoms with Crippen LogP contribution in [-0.4, -0.2) is 0 Å². The molecule has 2 heterocycles. The molecule has 54 heavy (non-hydrogen) atoms. The van der Waals surface area contributed by atoms with Crippen LogP contribution in [0.4, 0.5) is 17.1 Å². The van der Waals surface area contributed by atoms with Crippen LogP contribution in [0.1, 0.15) is 73.6 Å². The number of hydrogen-bond acceptors (Lipinski definition) is 3. The molecule has 1 spiro atoms. The van der Waals surface area contributed by atoms with E-state index in [1.54, 1.807) is 0 Å². The van der Waals surface area contributed by atoms with Gasteiger partial charge in [0.05, 0.1) is 27.6 Å². The fourth-order valence-electron chi connectivity index (χ4n) is 10.2. The minimum Gasteiger partial charge on any atom is -0.456 e. The van der Waals surface area contributed by atoms with Gasteiger partial charge >= 0.3 is 0 Å². The predicted molar refractivity (Wildman–Crippen MR) is 222 cm³/mol. The molecule has 0 fully saturated rings. The SMILES string of the molecule is CC(C)(C)c1cccc2oc3ccc(N4c5ccccc5C5(c6ccccc6-c6ccccc65)c5cc6c(cc54)C(C)(C)c4ccccc4-6)cc3c(=O)c12. The van der Waals surface area contributed by atoms with Crippen molar-refractivity contribution in [3.05, 3.63) is 195 Å². The van der Waals surface area contributed by atoms with Gasteiger partial charge in [0.1, 0.15) is 11.2 Å². The van der Waals surface area contributed by atoms with Crippen LogP contribution >= 0.6 is 0 Å². The summed E-state index contributed by atoms with van der Waals surface area (Å²) in [6, 6.07) is 52.8. The standard InChI is InChI=1S/C51H39NO2/c1-49(2,3)40-22-14-24-46-47(40)48(53)35-27-30(25-26-45(35)54-46)52-43-23-13-12-21-39(43)51(37-19-10-7-15-31(37)32-16-8-11-20-38(32)51)42-28-34-33-17-6-9-18-36(33)50(4,5)41(34)29-44(42)52/h6-29H,1-5H3. The van der Waals surface area contributed by atoms with Crippen LogP contribution in [0.5, 0.6) is 0 Å². The van der Waals surface area contributed by atoms with E-state index in [0.29, 0.717) is 21.9 Å². The summed E-state index contributed by atoms with van der Waals surface area (Å²) in [4.78, 5) is 17.0. The van der Waals surface area contributed by atoms with Gasteiger partial charge in [0.15, 0.2) is 0 Å². The Morgan fingerprint density at radius 1 is 0.519 bits per heavy atom. The largest absolute Gasteiger partial charge is 0.456 e. The van der Waals surface area contributed by atoms with Gasteiger partial charge in [-0.15, -0.1) is 0 Å². The van der Waals surface area contributed by atoms with E-state index in [4.69, 9.17) is 4.42 Å². The van der Waals surface area contributed by atoms with Crippen molar-refractivity contribution in [2.45, 2.75) is 50.9 Å². The molecular formula is C51H39NO2. The normalized spacial score (nSPS) is 15.5. The molecule has 260 valence electrons. The van der Waals surface area contributed by atoms with Crippen molar-refractivity contribution >= 4 is 39.0 Å². The number of nitrogens with zero attached hydrogens (tertiary/aromatic N) is 1. The lowest BCUT2D eigenvalue weighted by atomic mass is 9.64. The van der Waals surface area contributed by atoms with Crippen molar-refractivity contribution < 1.29 is 4.42 Å². The number of fused-ring (bicyclic) bond motifs is 14. The number of anilines is 3. The highest BCUT2D eigenvalue weighted by molar-refractivity contribution is 6.00. The van der Waals surface area contributed by atoms with E-state index in [0.717, 1.165) is 22.6 Å². The molecular weight excluding hydrogens is 659 g/mol. The average molecular weight is 698 g/mol. The molecule has 11 rings (SSSR count). The van der Waals surface area contributed by atoms with Crippen LogP contribution in [0.15, 0.2) is 155 Å².